The molecule has 3 rings (SSSR count). The standard InChI is InChI=1S/C17H23FN6/c1-3-19-16(20-10-15-22-12-23-24(15)2)21-11-17(8-9-17)13-6-4-5-7-14(13)18/h4-7,12H,3,8-11H2,1-2H3,(H2,19,20,21). The van der Waals surface area contributed by atoms with Crippen LogP contribution in [0.5, 0.6) is 0 Å². The second kappa shape index (κ2) is 6.98. The molecule has 6 nitrogen and oxygen atoms in total. The van der Waals surface area contributed by atoms with E-state index in [1.807, 2.05) is 26.1 Å². The van der Waals surface area contributed by atoms with Gasteiger partial charge in [0.15, 0.2) is 5.96 Å². The molecule has 1 aliphatic rings. The number of aromatic nitrogens is 3. The summed E-state index contributed by atoms with van der Waals surface area (Å²) < 4.78 is 15.8. The van der Waals surface area contributed by atoms with Gasteiger partial charge in [-0.3, -0.25) is 4.68 Å². The fraction of sp³-hybridized carbons (Fsp3) is 0.471. The Hall–Kier alpha value is -2.44. The molecule has 1 fully saturated rings. The molecule has 0 saturated heterocycles. The van der Waals surface area contributed by atoms with Gasteiger partial charge in [0.1, 0.15) is 24.5 Å². The van der Waals surface area contributed by atoms with Crippen LogP contribution in [0.3, 0.4) is 0 Å². The average Bonchev–Trinajstić information content (AvgIpc) is 3.26. The molecule has 0 radical (unpaired) electrons. The lowest BCUT2D eigenvalue weighted by atomic mass is 9.95. The minimum atomic E-state index is -0.127. The Morgan fingerprint density at radius 1 is 1.33 bits per heavy atom. The Balaban J connectivity index is 1.66. The van der Waals surface area contributed by atoms with E-state index in [-0.39, 0.29) is 11.2 Å². The molecule has 24 heavy (non-hydrogen) atoms. The number of halogens is 1. The first-order valence-corrected chi connectivity index (χ1v) is 8.25. The van der Waals surface area contributed by atoms with Gasteiger partial charge >= 0.3 is 0 Å². The van der Waals surface area contributed by atoms with Crippen LogP contribution in [-0.4, -0.2) is 33.8 Å². The molecule has 1 aliphatic carbocycles. The summed E-state index contributed by atoms with van der Waals surface area (Å²) in [4.78, 5) is 8.71. The number of hydrogen-bond donors (Lipinski definition) is 2. The molecule has 1 heterocycles. The Bertz CT molecular complexity index is 719. The van der Waals surface area contributed by atoms with E-state index in [4.69, 9.17) is 0 Å². The first kappa shape index (κ1) is 16.4. The number of aryl methyl sites for hydroxylation is 1. The van der Waals surface area contributed by atoms with Gasteiger partial charge in [-0.25, -0.2) is 14.4 Å². The number of aliphatic imine (C=N–C) groups is 1. The van der Waals surface area contributed by atoms with Crippen LogP contribution in [0.4, 0.5) is 4.39 Å². The number of nitrogens with zero attached hydrogens (tertiary/aromatic N) is 4. The Morgan fingerprint density at radius 2 is 2.12 bits per heavy atom. The van der Waals surface area contributed by atoms with Crippen molar-refractivity contribution in [2.45, 2.75) is 31.7 Å². The number of guanidine groups is 1. The number of nitrogens with one attached hydrogen (secondary N) is 2. The molecule has 1 saturated carbocycles. The van der Waals surface area contributed by atoms with E-state index in [1.165, 1.54) is 12.4 Å². The third-order valence-corrected chi connectivity index (χ3v) is 4.42. The van der Waals surface area contributed by atoms with Gasteiger partial charge in [-0.1, -0.05) is 18.2 Å². The molecule has 0 unspecified atom stereocenters. The fourth-order valence-corrected chi connectivity index (χ4v) is 2.79. The van der Waals surface area contributed by atoms with E-state index in [9.17, 15) is 4.39 Å². The fourth-order valence-electron chi connectivity index (χ4n) is 2.79. The van der Waals surface area contributed by atoms with Crippen molar-refractivity contribution in [3.63, 3.8) is 0 Å². The van der Waals surface area contributed by atoms with Crippen LogP contribution in [0.1, 0.15) is 31.2 Å². The van der Waals surface area contributed by atoms with E-state index < -0.39 is 0 Å². The highest BCUT2D eigenvalue weighted by Gasteiger charge is 2.45. The monoisotopic (exact) mass is 330 g/mol. The Morgan fingerprint density at radius 3 is 2.75 bits per heavy atom. The Kier molecular flexibility index (Phi) is 4.78. The molecule has 2 aromatic rings. The largest absolute Gasteiger partial charge is 0.357 e. The third-order valence-electron chi connectivity index (χ3n) is 4.42. The second-order valence-electron chi connectivity index (χ2n) is 6.11. The van der Waals surface area contributed by atoms with E-state index >= 15 is 0 Å². The number of benzene rings is 1. The van der Waals surface area contributed by atoms with Crippen LogP contribution >= 0.6 is 0 Å². The molecule has 2 N–H and O–H groups in total. The highest BCUT2D eigenvalue weighted by Crippen LogP contribution is 2.48. The van der Waals surface area contributed by atoms with Crippen molar-refractivity contribution >= 4 is 5.96 Å². The quantitative estimate of drug-likeness (QED) is 0.625. The lowest BCUT2D eigenvalue weighted by Gasteiger charge is -2.19. The SMILES string of the molecule is CCNC(=NCc1ncnn1C)NCC1(c2ccccc2F)CC1. The van der Waals surface area contributed by atoms with Gasteiger partial charge in [-0.2, -0.15) is 5.10 Å². The Labute approximate surface area is 141 Å². The summed E-state index contributed by atoms with van der Waals surface area (Å²) in [5.74, 6) is 1.38. The second-order valence-corrected chi connectivity index (χ2v) is 6.11. The zero-order chi connectivity index (χ0) is 17.0. The molecule has 7 heteroatoms. The van der Waals surface area contributed by atoms with Crippen LogP contribution in [0.25, 0.3) is 0 Å². The lowest BCUT2D eigenvalue weighted by molar-refractivity contribution is 0.559. The summed E-state index contributed by atoms with van der Waals surface area (Å²) in [7, 11) is 1.84. The van der Waals surface area contributed by atoms with Crippen LogP contribution in [0, 0.1) is 5.82 Å². The van der Waals surface area contributed by atoms with Gasteiger partial charge in [0.25, 0.3) is 0 Å². The van der Waals surface area contributed by atoms with Crippen LogP contribution in [0.2, 0.25) is 0 Å². The minimum Gasteiger partial charge on any atom is -0.357 e. The van der Waals surface area contributed by atoms with Crippen molar-refractivity contribution in [1.82, 2.24) is 25.4 Å². The topological polar surface area (TPSA) is 67.1 Å². The molecule has 0 amide bonds. The maximum absolute atomic E-state index is 14.1. The smallest absolute Gasteiger partial charge is 0.191 e. The van der Waals surface area contributed by atoms with Crippen molar-refractivity contribution in [1.29, 1.82) is 0 Å². The predicted molar refractivity (Wildman–Crippen MR) is 91.1 cm³/mol. The summed E-state index contributed by atoms with van der Waals surface area (Å²) in [5, 5.41) is 10.6. The van der Waals surface area contributed by atoms with Crippen LogP contribution in [-0.2, 0) is 19.0 Å². The summed E-state index contributed by atoms with van der Waals surface area (Å²) in [6, 6.07) is 7.04. The van der Waals surface area contributed by atoms with Crippen molar-refractivity contribution in [3.8, 4) is 0 Å². The van der Waals surface area contributed by atoms with Crippen LogP contribution < -0.4 is 10.6 Å². The first-order valence-electron chi connectivity index (χ1n) is 8.25. The zero-order valence-electron chi connectivity index (χ0n) is 14.1. The van der Waals surface area contributed by atoms with E-state index in [0.29, 0.717) is 19.0 Å². The molecule has 0 atom stereocenters. The summed E-state index contributed by atoms with van der Waals surface area (Å²) in [5.41, 5.74) is 0.674. The molecule has 0 spiro atoms. The minimum absolute atomic E-state index is 0.119. The van der Waals surface area contributed by atoms with Crippen molar-refractivity contribution in [2.24, 2.45) is 12.0 Å². The van der Waals surface area contributed by atoms with Gasteiger partial charge in [-0.15, -0.1) is 0 Å². The third kappa shape index (κ3) is 3.55. The summed E-state index contributed by atoms with van der Waals surface area (Å²) >= 11 is 0. The van der Waals surface area contributed by atoms with Crippen molar-refractivity contribution < 1.29 is 4.39 Å². The van der Waals surface area contributed by atoms with Crippen molar-refractivity contribution in [3.05, 3.63) is 47.8 Å². The molecule has 0 bridgehead atoms. The lowest BCUT2D eigenvalue weighted by Crippen LogP contribution is -2.41. The molecule has 1 aromatic heterocycles. The molecule has 1 aromatic carbocycles. The highest BCUT2D eigenvalue weighted by molar-refractivity contribution is 5.79. The predicted octanol–water partition coefficient (Wildman–Crippen LogP) is 1.74. The van der Waals surface area contributed by atoms with Gasteiger partial charge in [0.2, 0.25) is 0 Å². The maximum Gasteiger partial charge on any atom is 0.191 e. The maximum atomic E-state index is 14.1. The van der Waals surface area contributed by atoms with Gasteiger partial charge < -0.3 is 10.6 Å². The van der Waals surface area contributed by atoms with E-state index in [0.717, 1.165) is 30.8 Å². The van der Waals surface area contributed by atoms with Gasteiger partial charge in [0, 0.05) is 25.6 Å². The average molecular weight is 330 g/mol. The number of rotatable bonds is 6. The van der Waals surface area contributed by atoms with E-state index in [2.05, 4.69) is 25.7 Å². The highest BCUT2D eigenvalue weighted by atomic mass is 19.1. The zero-order valence-corrected chi connectivity index (χ0v) is 14.1. The molecular weight excluding hydrogens is 307 g/mol. The van der Waals surface area contributed by atoms with Crippen molar-refractivity contribution in [2.75, 3.05) is 13.1 Å². The van der Waals surface area contributed by atoms with Gasteiger partial charge in [0.05, 0.1) is 0 Å². The summed E-state index contributed by atoms with van der Waals surface area (Å²) in [6.45, 7) is 3.89. The number of hydrogen-bond acceptors (Lipinski definition) is 3. The summed E-state index contributed by atoms with van der Waals surface area (Å²) in [6.07, 6.45) is 3.50. The molecule has 128 valence electrons. The first-order chi connectivity index (χ1) is 11.6. The molecular formula is C17H23FN6. The van der Waals surface area contributed by atoms with Crippen LogP contribution in [0.15, 0.2) is 35.6 Å². The molecule has 0 aliphatic heterocycles. The van der Waals surface area contributed by atoms with Gasteiger partial charge in [-0.05, 0) is 31.4 Å². The van der Waals surface area contributed by atoms with E-state index in [1.54, 1.807) is 10.7 Å². The normalized spacial score (nSPS) is 16.0.